The molecule has 1 aliphatic rings. The molecule has 0 aromatic carbocycles. The van der Waals surface area contributed by atoms with E-state index in [-0.39, 0.29) is 0 Å². The standard InChI is InChI=1S/C14H29NO/c1-5-11(3)14(4,16)10-15-13-8-7-12(6-2)9-13/h11-13,15-16H,5-10H2,1-4H3. The Bertz CT molecular complexity index is 203. The van der Waals surface area contributed by atoms with Gasteiger partial charge in [-0.1, -0.05) is 33.6 Å². The van der Waals surface area contributed by atoms with Crippen molar-refractivity contribution in [2.45, 2.75) is 71.4 Å². The van der Waals surface area contributed by atoms with Crippen LogP contribution in [0.1, 0.15) is 59.8 Å². The van der Waals surface area contributed by atoms with Crippen LogP contribution in [-0.2, 0) is 0 Å². The van der Waals surface area contributed by atoms with Gasteiger partial charge in [-0.3, -0.25) is 0 Å². The van der Waals surface area contributed by atoms with Gasteiger partial charge in [0.15, 0.2) is 0 Å². The molecule has 1 rings (SSSR count). The first-order chi connectivity index (χ1) is 7.49. The summed E-state index contributed by atoms with van der Waals surface area (Å²) in [4.78, 5) is 0. The second-order valence-electron chi connectivity index (χ2n) is 5.83. The maximum Gasteiger partial charge on any atom is 0.0768 e. The highest BCUT2D eigenvalue weighted by atomic mass is 16.3. The predicted octanol–water partition coefficient (Wildman–Crippen LogP) is 2.95. The summed E-state index contributed by atoms with van der Waals surface area (Å²) in [5.74, 6) is 1.27. The highest BCUT2D eigenvalue weighted by molar-refractivity contribution is 4.86. The summed E-state index contributed by atoms with van der Waals surface area (Å²) in [6, 6.07) is 0.639. The molecule has 0 spiro atoms. The molecule has 1 aliphatic carbocycles. The smallest absolute Gasteiger partial charge is 0.0768 e. The Balaban J connectivity index is 2.29. The SMILES string of the molecule is CCC1CCC(NCC(C)(O)C(C)CC)C1. The van der Waals surface area contributed by atoms with E-state index in [0.717, 1.165) is 18.9 Å². The Morgan fingerprint density at radius 3 is 2.56 bits per heavy atom. The molecule has 4 unspecified atom stereocenters. The van der Waals surface area contributed by atoms with E-state index in [0.29, 0.717) is 12.0 Å². The minimum absolute atomic E-state index is 0.364. The molecule has 0 heterocycles. The van der Waals surface area contributed by atoms with Crippen molar-refractivity contribution in [2.75, 3.05) is 6.54 Å². The molecular formula is C14H29NO. The zero-order chi connectivity index (χ0) is 12.2. The lowest BCUT2D eigenvalue weighted by Gasteiger charge is -2.31. The minimum Gasteiger partial charge on any atom is -0.389 e. The van der Waals surface area contributed by atoms with Crippen molar-refractivity contribution >= 4 is 0 Å². The topological polar surface area (TPSA) is 32.3 Å². The van der Waals surface area contributed by atoms with E-state index < -0.39 is 5.60 Å². The first kappa shape index (κ1) is 14.0. The molecule has 0 bridgehead atoms. The third kappa shape index (κ3) is 3.74. The summed E-state index contributed by atoms with van der Waals surface area (Å²) in [7, 11) is 0. The van der Waals surface area contributed by atoms with E-state index in [2.05, 4.69) is 26.1 Å². The lowest BCUT2D eigenvalue weighted by Crippen LogP contribution is -2.45. The third-order valence-corrected chi connectivity index (χ3v) is 4.54. The van der Waals surface area contributed by atoms with Gasteiger partial charge in [0.2, 0.25) is 0 Å². The number of hydrogen-bond donors (Lipinski definition) is 2. The summed E-state index contributed by atoms with van der Waals surface area (Å²) in [5, 5.41) is 13.9. The summed E-state index contributed by atoms with van der Waals surface area (Å²) in [5.41, 5.74) is -0.556. The van der Waals surface area contributed by atoms with Crippen molar-refractivity contribution < 1.29 is 5.11 Å². The fourth-order valence-corrected chi connectivity index (χ4v) is 2.60. The first-order valence-electron chi connectivity index (χ1n) is 6.95. The molecule has 0 aromatic rings. The van der Waals surface area contributed by atoms with Gasteiger partial charge in [-0.25, -0.2) is 0 Å². The Morgan fingerprint density at radius 1 is 1.38 bits per heavy atom. The number of nitrogens with one attached hydrogen (secondary N) is 1. The van der Waals surface area contributed by atoms with E-state index in [1.165, 1.54) is 25.7 Å². The van der Waals surface area contributed by atoms with Gasteiger partial charge in [0.1, 0.15) is 0 Å². The van der Waals surface area contributed by atoms with Crippen LogP contribution in [0.3, 0.4) is 0 Å². The van der Waals surface area contributed by atoms with E-state index >= 15 is 0 Å². The van der Waals surface area contributed by atoms with Crippen molar-refractivity contribution in [1.82, 2.24) is 5.32 Å². The average molecular weight is 227 g/mol. The Morgan fingerprint density at radius 2 is 2.06 bits per heavy atom. The molecule has 1 fully saturated rings. The number of aliphatic hydroxyl groups is 1. The molecule has 0 aliphatic heterocycles. The van der Waals surface area contributed by atoms with Crippen LogP contribution in [-0.4, -0.2) is 23.3 Å². The molecule has 0 radical (unpaired) electrons. The van der Waals surface area contributed by atoms with Gasteiger partial charge in [-0.15, -0.1) is 0 Å². The largest absolute Gasteiger partial charge is 0.389 e. The molecule has 2 nitrogen and oxygen atoms in total. The molecule has 0 aromatic heterocycles. The van der Waals surface area contributed by atoms with Gasteiger partial charge in [-0.2, -0.15) is 0 Å². The molecular weight excluding hydrogens is 198 g/mol. The molecule has 0 saturated heterocycles. The summed E-state index contributed by atoms with van der Waals surface area (Å²) >= 11 is 0. The molecule has 2 heteroatoms. The zero-order valence-electron chi connectivity index (χ0n) is 11.4. The van der Waals surface area contributed by atoms with E-state index in [1.54, 1.807) is 0 Å². The van der Waals surface area contributed by atoms with Crippen molar-refractivity contribution in [3.8, 4) is 0 Å². The highest BCUT2D eigenvalue weighted by Gasteiger charge is 2.29. The predicted molar refractivity (Wildman–Crippen MR) is 69.5 cm³/mol. The van der Waals surface area contributed by atoms with Crippen LogP contribution in [0.5, 0.6) is 0 Å². The van der Waals surface area contributed by atoms with Crippen LogP contribution in [0.2, 0.25) is 0 Å². The first-order valence-corrected chi connectivity index (χ1v) is 6.95. The van der Waals surface area contributed by atoms with E-state index in [1.807, 2.05) is 6.92 Å². The number of rotatable bonds is 6. The normalized spacial score (nSPS) is 31.3. The molecule has 2 N–H and O–H groups in total. The van der Waals surface area contributed by atoms with Gasteiger partial charge >= 0.3 is 0 Å². The van der Waals surface area contributed by atoms with Crippen molar-refractivity contribution in [2.24, 2.45) is 11.8 Å². The van der Waals surface area contributed by atoms with Crippen LogP contribution in [0.4, 0.5) is 0 Å². The van der Waals surface area contributed by atoms with Crippen molar-refractivity contribution in [1.29, 1.82) is 0 Å². The second kappa shape index (κ2) is 6.02. The molecule has 16 heavy (non-hydrogen) atoms. The van der Waals surface area contributed by atoms with Gasteiger partial charge in [0.05, 0.1) is 5.60 Å². The average Bonchev–Trinajstić information content (AvgIpc) is 2.73. The lowest BCUT2D eigenvalue weighted by molar-refractivity contribution is 0.00335. The Labute approximate surface area is 101 Å². The Kier molecular flexibility index (Phi) is 5.26. The number of hydrogen-bond acceptors (Lipinski definition) is 2. The summed E-state index contributed by atoms with van der Waals surface area (Å²) in [6.45, 7) is 9.25. The van der Waals surface area contributed by atoms with E-state index in [9.17, 15) is 5.11 Å². The lowest BCUT2D eigenvalue weighted by atomic mass is 9.88. The van der Waals surface area contributed by atoms with Gasteiger partial charge in [0, 0.05) is 12.6 Å². The van der Waals surface area contributed by atoms with Crippen molar-refractivity contribution in [3.63, 3.8) is 0 Å². The van der Waals surface area contributed by atoms with E-state index in [4.69, 9.17) is 0 Å². The van der Waals surface area contributed by atoms with Crippen molar-refractivity contribution in [3.05, 3.63) is 0 Å². The summed E-state index contributed by atoms with van der Waals surface area (Å²) in [6.07, 6.45) is 6.29. The quantitative estimate of drug-likeness (QED) is 0.731. The van der Waals surface area contributed by atoms with Crippen LogP contribution in [0.15, 0.2) is 0 Å². The molecule has 96 valence electrons. The van der Waals surface area contributed by atoms with Gasteiger partial charge in [0.25, 0.3) is 0 Å². The maximum absolute atomic E-state index is 10.3. The fraction of sp³-hybridized carbons (Fsp3) is 1.00. The summed E-state index contributed by atoms with van der Waals surface area (Å²) < 4.78 is 0. The molecule has 0 amide bonds. The zero-order valence-corrected chi connectivity index (χ0v) is 11.4. The molecule has 1 saturated carbocycles. The van der Waals surface area contributed by atoms with Crippen LogP contribution >= 0.6 is 0 Å². The maximum atomic E-state index is 10.3. The minimum atomic E-state index is -0.556. The van der Waals surface area contributed by atoms with Gasteiger partial charge < -0.3 is 10.4 Å². The Hall–Kier alpha value is -0.0800. The van der Waals surface area contributed by atoms with Crippen LogP contribution in [0.25, 0.3) is 0 Å². The van der Waals surface area contributed by atoms with Gasteiger partial charge in [-0.05, 0) is 38.0 Å². The highest BCUT2D eigenvalue weighted by Crippen LogP contribution is 2.28. The fourth-order valence-electron chi connectivity index (χ4n) is 2.60. The second-order valence-corrected chi connectivity index (χ2v) is 5.83. The van der Waals surface area contributed by atoms with Crippen LogP contribution in [0, 0.1) is 11.8 Å². The monoisotopic (exact) mass is 227 g/mol. The molecule has 4 atom stereocenters. The third-order valence-electron chi connectivity index (χ3n) is 4.54. The van der Waals surface area contributed by atoms with Crippen LogP contribution < -0.4 is 5.32 Å².